The predicted molar refractivity (Wildman–Crippen MR) is 86.8 cm³/mol. The molecule has 1 atom stereocenters. The summed E-state index contributed by atoms with van der Waals surface area (Å²) in [6, 6.07) is 13.4. The summed E-state index contributed by atoms with van der Waals surface area (Å²) in [4.78, 5) is 2.20. The van der Waals surface area contributed by atoms with Gasteiger partial charge in [-0.15, -0.1) is 9.24 Å². The minimum absolute atomic E-state index is 1.07. The molecule has 1 nitrogen and oxygen atoms in total. The number of hydrogen-bond donors (Lipinski definition) is 0. The van der Waals surface area contributed by atoms with Gasteiger partial charge in [0.05, 0.1) is 0 Å². The van der Waals surface area contributed by atoms with Crippen molar-refractivity contribution in [2.45, 2.75) is 19.3 Å². The van der Waals surface area contributed by atoms with Crippen LogP contribution in [0.4, 0.5) is 5.69 Å². The second kappa shape index (κ2) is 4.98. The molecule has 2 aromatic carbocycles. The van der Waals surface area contributed by atoms with Crippen LogP contribution < -0.4 is 10.2 Å². The van der Waals surface area contributed by atoms with Gasteiger partial charge in [-0.25, -0.2) is 0 Å². The molecule has 0 radical (unpaired) electrons. The topological polar surface area (TPSA) is 3.24 Å². The molecule has 0 bridgehead atoms. The van der Waals surface area contributed by atoms with Gasteiger partial charge in [-0.2, -0.15) is 0 Å². The van der Waals surface area contributed by atoms with E-state index >= 15 is 0 Å². The Labute approximate surface area is 117 Å². The molecule has 1 aliphatic rings. The molecule has 0 aromatic heterocycles. The second-order valence-electron chi connectivity index (χ2n) is 5.48. The molecule has 0 fully saturated rings. The first-order valence-electron chi connectivity index (χ1n) is 6.81. The van der Waals surface area contributed by atoms with Crippen molar-refractivity contribution in [3.05, 3.63) is 58.7 Å². The number of nitrogens with zero attached hydrogens (tertiary/aromatic N) is 1. The molecule has 98 valence electrons. The van der Waals surface area contributed by atoms with Crippen LogP contribution >= 0.6 is 9.24 Å². The Bertz CT molecular complexity index is 617. The predicted octanol–water partition coefficient (Wildman–Crippen LogP) is 2.94. The van der Waals surface area contributed by atoms with Crippen LogP contribution in [0.25, 0.3) is 0 Å². The summed E-state index contributed by atoms with van der Waals surface area (Å²) >= 11 is 0. The first-order chi connectivity index (χ1) is 9.16. The Morgan fingerprint density at radius 1 is 0.895 bits per heavy atom. The third-order valence-electron chi connectivity index (χ3n) is 4.06. The van der Waals surface area contributed by atoms with E-state index in [0.717, 1.165) is 19.3 Å². The van der Waals surface area contributed by atoms with Crippen molar-refractivity contribution < 1.29 is 0 Å². The molecule has 0 saturated carbocycles. The van der Waals surface area contributed by atoms with Crippen molar-refractivity contribution in [1.29, 1.82) is 0 Å². The zero-order valence-corrected chi connectivity index (χ0v) is 12.8. The molecule has 0 saturated heterocycles. The molecule has 3 rings (SSSR count). The lowest BCUT2D eigenvalue weighted by atomic mass is 10.00. The van der Waals surface area contributed by atoms with Gasteiger partial charge in [-0.05, 0) is 52.9 Å². The molecule has 0 aliphatic heterocycles. The highest BCUT2D eigenvalue weighted by Gasteiger charge is 2.16. The van der Waals surface area contributed by atoms with E-state index in [2.05, 4.69) is 64.6 Å². The summed E-state index contributed by atoms with van der Waals surface area (Å²) in [6.07, 6.45) is 3.37. The molecule has 19 heavy (non-hydrogen) atoms. The van der Waals surface area contributed by atoms with Crippen LogP contribution in [-0.2, 0) is 19.3 Å². The average Bonchev–Trinajstić information content (AvgIpc) is 2.58. The van der Waals surface area contributed by atoms with E-state index < -0.39 is 0 Å². The lowest BCUT2D eigenvalue weighted by molar-refractivity contribution is 0.970. The van der Waals surface area contributed by atoms with Crippen LogP contribution in [0.15, 0.2) is 36.4 Å². The van der Waals surface area contributed by atoms with E-state index in [1.165, 1.54) is 33.2 Å². The minimum Gasteiger partial charge on any atom is -0.377 e. The monoisotopic (exact) mass is 269 g/mol. The van der Waals surface area contributed by atoms with Gasteiger partial charge < -0.3 is 4.90 Å². The maximum Gasteiger partial charge on any atom is 0.0436 e. The Morgan fingerprint density at radius 3 is 2.37 bits per heavy atom. The van der Waals surface area contributed by atoms with Crippen LogP contribution in [-0.4, -0.2) is 14.1 Å². The minimum atomic E-state index is 1.07. The van der Waals surface area contributed by atoms with Gasteiger partial charge in [0, 0.05) is 19.8 Å². The quantitative estimate of drug-likeness (QED) is 0.719. The van der Waals surface area contributed by atoms with E-state index in [1.807, 2.05) is 0 Å². The van der Waals surface area contributed by atoms with Gasteiger partial charge in [-0.3, -0.25) is 0 Å². The van der Waals surface area contributed by atoms with E-state index in [1.54, 1.807) is 0 Å². The highest BCUT2D eigenvalue weighted by atomic mass is 31.0. The molecule has 0 amide bonds. The molecule has 1 aliphatic carbocycles. The summed E-state index contributed by atoms with van der Waals surface area (Å²) in [5.41, 5.74) is 7.32. The smallest absolute Gasteiger partial charge is 0.0436 e. The van der Waals surface area contributed by atoms with Crippen LogP contribution in [0.5, 0.6) is 0 Å². The standard InChI is InChI=1S/C17H20NP/c1-18(2)16-10-8-14-11-13-6-4-3-5-12(13)7-9-15(14)17(16)19/h3-6,8,10H,7,9,11,19H2,1-2H3. The zero-order chi connectivity index (χ0) is 13.4. The van der Waals surface area contributed by atoms with Crippen molar-refractivity contribution in [2.75, 3.05) is 19.0 Å². The Balaban J connectivity index is 2.08. The number of fused-ring (bicyclic) bond motifs is 2. The van der Waals surface area contributed by atoms with Crippen molar-refractivity contribution in [3.63, 3.8) is 0 Å². The van der Waals surface area contributed by atoms with Crippen molar-refractivity contribution in [2.24, 2.45) is 0 Å². The number of anilines is 1. The van der Waals surface area contributed by atoms with Crippen molar-refractivity contribution >= 4 is 20.2 Å². The normalized spacial score (nSPS) is 13.4. The van der Waals surface area contributed by atoms with Gasteiger partial charge in [0.1, 0.15) is 0 Å². The molecule has 2 aromatic rings. The molecule has 2 heteroatoms. The highest BCUT2D eigenvalue weighted by Crippen LogP contribution is 2.27. The fourth-order valence-corrected chi connectivity index (χ4v) is 3.67. The highest BCUT2D eigenvalue weighted by molar-refractivity contribution is 7.28. The fourth-order valence-electron chi connectivity index (χ4n) is 2.99. The van der Waals surface area contributed by atoms with E-state index in [0.29, 0.717) is 0 Å². The van der Waals surface area contributed by atoms with Crippen LogP contribution in [0.3, 0.4) is 0 Å². The molecular formula is C17H20NP. The summed E-state index contributed by atoms with van der Waals surface area (Å²) in [6.45, 7) is 0. The summed E-state index contributed by atoms with van der Waals surface area (Å²) in [5, 5.41) is 1.37. The molecule has 1 unspecified atom stereocenters. The van der Waals surface area contributed by atoms with E-state index in [-0.39, 0.29) is 0 Å². The Hall–Kier alpha value is -1.33. The summed E-state index contributed by atoms with van der Waals surface area (Å²) < 4.78 is 0. The van der Waals surface area contributed by atoms with E-state index in [9.17, 15) is 0 Å². The molecular weight excluding hydrogens is 249 g/mol. The van der Waals surface area contributed by atoms with Crippen molar-refractivity contribution in [1.82, 2.24) is 0 Å². The third-order valence-corrected chi connectivity index (χ3v) is 4.70. The van der Waals surface area contributed by atoms with Crippen molar-refractivity contribution in [3.8, 4) is 0 Å². The number of aryl methyl sites for hydroxylation is 1. The van der Waals surface area contributed by atoms with Crippen LogP contribution in [0.2, 0.25) is 0 Å². The molecule has 0 heterocycles. The van der Waals surface area contributed by atoms with Crippen LogP contribution in [0, 0.1) is 0 Å². The zero-order valence-electron chi connectivity index (χ0n) is 11.6. The third kappa shape index (κ3) is 2.28. The summed E-state index contributed by atoms with van der Waals surface area (Å²) in [7, 11) is 7.17. The first-order valence-corrected chi connectivity index (χ1v) is 7.39. The van der Waals surface area contributed by atoms with Gasteiger partial charge >= 0.3 is 0 Å². The second-order valence-corrected chi connectivity index (χ2v) is 6.05. The first kappa shape index (κ1) is 12.7. The van der Waals surface area contributed by atoms with Gasteiger partial charge in [0.25, 0.3) is 0 Å². The van der Waals surface area contributed by atoms with E-state index in [4.69, 9.17) is 0 Å². The average molecular weight is 269 g/mol. The fraction of sp³-hybridized carbons (Fsp3) is 0.294. The lowest BCUT2D eigenvalue weighted by Crippen LogP contribution is -2.19. The number of rotatable bonds is 1. The number of benzene rings is 2. The summed E-state index contributed by atoms with van der Waals surface area (Å²) in [5.74, 6) is 0. The largest absolute Gasteiger partial charge is 0.377 e. The lowest BCUT2D eigenvalue weighted by Gasteiger charge is -2.19. The van der Waals surface area contributed by atoms with Gasteiger partial charge in [0.15, 0.2) is 0 Å². The SMILES string of the molecule is CN(C)c1ccc2c(c1P)CCc1ccccc1C2. The maximum atomic E-state index is 2.95. The molecule has 0 spiro atoms. The molecule has 0 N–H and O–H groups in total. The van der Waals surface area contributed by atoms with Gasteiger partial charge in [-0.1, -0.05) is 30.3 Å². The Kier molecular flexibility index (Phi) is 3.33. The number of hydrogen-bond acceptors (Lipinski definition) is 1. The Morgan fingerprint density at radius 2 is 1.63 bits per heavy atom. The van der Waals surface area contributed by atoms with Crippen LogP contribution in [0.1, 0.15) is 22.3 Å². The maximum absolute atomic E-state index is 2.95. The van der Waals surface area contributed by atoms with Gasteiger partial charge in [0.2, 0.25) is 0 Å².